The van der Waals surface area contributed by atoms with Crippen LogP contribution in [0, 0.1) is 0 Å². The second kappa shape index (κ2) is 6.71. The van der Waals surface area contributed by atoms with Crippen molar-refractivity contribution in [1.29, 1.82) is 0 Å². The van der Waals surface area contributed by atoms with Gasteiger partial charge in [0.05, 0.1) is 0 Å². The van der Waals surface area contributed by atoms with Crippen LogP contribution in [0.1, 0.15) is 45.2 Å². The van der Waals surface area contributed by atoms with E-state index in [2.05, 4.69) is 38.1 Å². The van der Waals surface area contributed by atoms with Gasteiger partial charge in [-0.1, -0.05) is 52.0 Å². The predicted molar refractivity (Wildman–Crippen MR) is 61.2 cm³/mol. The molecule has 0 N–H and O–H groups in total. The number of hydrogen-bond donors (Lipinski definition) is 0. The van der Waals surface area contributed by atoms with E-state index in [1.165, 1.54) is 30.4 Å². The molecule has 0 aromatic heterocycles. The van der Waals surface area contributed by atoms with Crippen LogP contribution >= 0.6 is 0 Å². The summed E-state index contributed by atoms with van der Waals surface area (Å²) < 4.78 is 0. The Kier molecular flexibility index (Phi) is 6.30. The summed E-state index contributed by atoms with van der Waals surface area (Å²) in [5.41, 5.74) is 2.92. The molecule has 0 unspecified atom stereocenters. The predicted octanol–water partition coefficient (Wildman–Crippen LogP) is 4.23. The molecule has 0 heteroatoms. The third-order valence-corrected chi connectivity index (χ3v) is 2.25. The van der Waals surface area contributed by atoms with Crippen LogP contribution < -0.4 is 0 Å². The van der Waals surface area contributed by atoms with Crippen molar-refractivity contribution in [2.45, 2.75) is 47.0 Å². The molecule has 1 aromatic carbocycles. The number of hydrogen-bond acceptors (Lipinski definition) is 0. The van der Waals surface area contributed by atoms with E-state index in [4.69, 9.17) is 0 Å². The molecule has 0 heterocycles. The number of benzene rings is 1. The fourth-order valence-electron chi connectivity index (χ4n) is 1.32. The summed E-state index contributed by atoms with van der Waals surface area (Å²) in [7, 11) is 0. The van der Waals surface area contributed by atoms with E-state index >= 15 is 0 Å². The monoisotopic (exact) mass is 178 g/mol. The summed E-state index contributed by atoms with van der Waals surface area (Å²) in [6, 6.07) is 9.00. The molecule has 0 nitrogen and oxygen atoms in total. The molecule has 0 aliphatic carbocycles. The molecule has 1 rings (SSSR count). The summed E-state index contributed by atoms with van der Waals surface area (Å²) >= 11 is 0. The molecular formula is C13H22. The van der Waals surface area contributed by atoms with Crippen LogP contribution in [0.4, 0.5) is 0 Å². The van der Waals surface area contributed by atoms with Crippen LogP contribution in [0.2, 0.25) is 0 Å². The Hall–Kier alpha value is -0.780. The topological polar surface area (TPSA) is 0 Å². The molecule has 0 saturated carbocycles. The van der Waals surface area contributed by atoms with Crippen LogP contribution in [0.5, 0.6) is 0 Å². The Balaban J connectivity index is 0.00000144. The van der Waals surface area contributed by atoms with Gasteiger partial charge in [-0.05, 0) is 30.4 Å². The lowest BCUT2D eigenvalue weighted by molar-refractivity contribution is 0.794. The van der Waals surface area contributed by atoms with Gasteiger partial charge in [0.2, 0.25) is 0 Å². The molecular weight excluding hydrogens is 156 g/mol. The van der Waals surface area contributed by atoms with Gasteiger partial charge in [0.25, 0.3) is 0 Å². The van der Waals surface area contributed by atoms with Gasteiger partial charge >= 0.3 is 0 Å². The minimum Gasteiger partial charge on any atom is -0.0776 e. The first-order valence-electron chi connectivity index (χ1n) is 4.94. The van der Waals surface area contributed by atoms with Crippen LogP contribution in [-0.4, -0.2) is 0 Å². The number of aryl methyl sites for hydroxylation is 2. The van der Waals surface area contributed by atoms with Crippen molar-refractivity contribution in [3.63, 3.8) is 0 Å². The average Bonchev–Trinajstić information content (AvgIpc) is 2.15. The third kappa shape index (κ3) is 4.12. The molecule has 0 radical (unpaired) electrons. The van der Waals surface area contributed by atoms with Crippen LogP contribution in [0.3, 0.4) is 0 Å². The van der Waals surface area contributed by atoms with Gasteiger partial charge in [0, 0.05) is 0 Å². The van der Waals surface area contributed by atoms with Gasteiger partial charge in [0.15, 0.2) is 0 Å². The van der Waals surface area contributed by atoms with Crippen molar-refractivity contribution in [2.75, 3.05) is 0 Å². The van der Waals surface area contributed by atoms with Crippen LogP contribution in [0.15, 0.2) is 24.3 Å². The maximum atomic E-state index is 2.26. The molecule has 0 aliphatic heterocycles. The van der Waals surface area contributed by atoms with Crippen molar-refractivity contribution < 1.29 is 0 Å². The molecule has 0 spiro atoms. The summed E-state index contributed by atoms with van der Waals surface area (Å²) in [6.07, 6.45) is 4.98. The zero-order valence-corrected chi connectivity index (χ0v) is 8.14. The van der Waals surface area contributed by atoms with E-state index in [9.17, 15) is 0 Å². The third-order valence-electron chi connectivity index (χ3n) is 2.25. The minimum absolute atomic E-state index is 0. The second-order valence-corrected chi connectivity index (χ2v) is 3.27. The van der Waals surface area contributed by atoms with Crippen molar-refractivity contribution in [3.8, 4) is 0 Å². The summed E-state index contributed by atoms with van der Waals surface area (Å²) in [6.45, 7) is 4.43. The molecule has 0 aliphatic rings. The maximum Gasteiger partial charge on any atom is -0.0279 e. The van der Waals surface area contributed by atoms with Gasteiger partial charge in [-0.15, -0.1) is 0 Å². The van der Waals surface area contributed by atoms with Crippen LogP contribution in [0.25, 0.3) is 0 Å². The summed E-state index contributed by atoms with van der Waals surface area (Å²) in [5, 5.41) is 0. The minimum atomic E-state index is 0. The smallest absolute Gasteiger partial charge is 0.0279 e. The van der Waals surface area contributed by atoms with Crippen molar-refractivity contribution in [1.82, 2.24) is 0 Å². The van der Waals surface area contributed by atoms with Crippen molar-refractivity contribution in [2.24, 2.45) is 0 Å². The highest BCUT2D eigenvalue weighted by Gasteiger charge is 1.92. The summed E-state index contributed by atoms with van der Waals surface area (Å²) in [4.78, 5) is 0. The number of unbranched alkanes of at least 4 members (excludes halogenated alkanes) is 1. The molecule has 0 fully saturated rings. The SMILES string of the molecule is C.CCCCc1ccc(CC)cc1. The van der Waals surface area contributed by atoms with Crippen molar-refractivity contribution >= 4 is 0 Å². The highest BCUT2D eigenvalue weighted by atomic mass is 14.0. The molecule has 0 bridgehead atoms. The van der Waals surface area contributed by atoms with E-state index in [1.807, 2.05) is 0 Å². The molecule has 0 amide bonds. The first-order chi connectivity index (χ1) is 5.86. The lowest BCUT2D eigenvalue weighted by Crippen LogP contribution is -1.85. The molecule has 13 heavy (non-hydrogen) atoms. The average molecular weight is 178 g/mol. The normalized spacial score (nSPS) is 9.38. The Morgan fingerprint density at radius 1 is 0.923 bits per heavy atom. The van der Waals surface area contributed by atoms with E-state index in [1.54, 1.807) is 0 Å². The van der Waals surface area contributed by atoms with Gasteiger partial charge in [0.1, 0.15) is 0 Å². The Morgan fingerprint density at radius 3 is 1.92 bits per heavy atom. The fraction of sp³-hybridized carbons (Fsp3) is 0.538. The van der Waals surface area contributed by atoms with Gasteiger partial charge in [-0.25, -0.2) is 0 Å². The Bertz CT molecular complexity index is 208. The second-order valence-electron chi connectivity index (χ2n) is 3.27. The fourth-order valence-corrected chi connectivity index (χ4v) is 1.32. The van der Waals surface area contributed by atoms with Crippen LogP contribution in [-0.2, 0) is 12.8 Å². The maximum absolute atomic E-state index is 2.26. The lowest BCUT2D eigenvalue weighted by atomic mass is 10.1. The quantitative estimate of drug-likeness (QED) is 0.647. The van der Waals surface area contributed by atoms with E-state index in [0.717, 1.165) is 6.42 Å². The molecule has 74 valence electrons. The largest absolute Gasteiger partial charge is 0.0776 e. The standard InChI is InChI=1S/C12H18.CH4/c1-3-5-6-12-9-7-11(4-2)8-10-12;/h7-10H,3-6H2,1-2H3;1H4. The zero-order chi connectivity index (χ0) is 8.81. The highest BCUT2D eigenvalue weighted by molar-refractivity contribution is 5.22. The van der Waals surface area contributed by atoms with Gasteiger partial charge in [-0.2, -0.15) is 0 Å². The van der Waals surface area contributed by atoms with E-state index in [-0.39, 0.29) is 7.43 Å². The molecule has 0 atom stereocenters. The Morgan fingerprint density at radius 2 is 1.46 bits per heavy atom. The highest BCUT2D eigenvalue weighted by Crippen LogP contribution is 2.07. The Labute approximate surface area is 83.0 Å². The molecule has 0 saturated heterocycles. The zero-order valence-electron chi connectivity index (χ0n) is 8.14. The number of rotatable bonds is 4. The lowest BCUT2D eigenvalue weighted by Gasteiger charge is -2.00. The summed E-state index contributed by atoms with van der Waals surface area (Å²) in [5.74, 6) is 0. The first kappa shape index (κ1) is 12.2. The van der Waals surface area contributed by atoms with Crippen molar-refractivity contribution in [3.05, 3.63) is 35.4 Å². The first-order valence-corrected chi connectivity index (χ1v) is 4.94. The van der Waals surface area contributed by atoms with E-state index < -0.39 is 0 Å². The van der Waals surface area contributed by atoms with Gasteiger partial charge in [-0.3, -0.25) is 0 Å². The van der Waals surface area contributed by atoms with E-state index in [0.29, 0.717) is 0 Å². The van der Waals surface area contributed by atoms with Gasteiger partial charge < -0.3 is 0 Å². The molecule has 1 aromatic rings.